The molecule has 1 heterocycles. The van der Waals surface area contributed by atoms with E-state index in [2.05, 4.69) is 16.8 Å². The smallest absolute Gasteiger partial charge is 0.128 e. The fraction of sp³-hybridized carbons (Fsp3) is 0.615. The first-order valence-corrected chi connectivity index (χ1v) is 6.09. The zero-order valence-corrected chi connectivity index (χ0v) is 10.1. The average molecular weight is 220 g/mol. The summed E-state index contributed by atoms with van der Waals surface area (Å²) in [7, 11) is 0. The maximum absolute atomic E-state index is 9.55. The van der Waals surface area contributed by atoms with Crippen molar-refractivity contribution in [1.29, 1.82) is 0 Å². The van der Waals surface area contributed by atoms with E-state index < -0.39 is 6.10 Å². The lowest BCUT2D eigenvalue weighted by Crippen LogP contribution is -2.26. The number of aromatic nitrogens is 1. The number of anilines is 1. The standard InChI is InChI=1S/C13H20N2O/c1-3-15(9-11-4-5-11)13-8-12(10(2)16)6-7-14-13/h6-8,10-11,16H,3-5,9H2,1-2H3/t10-/m0/s1. The summed E-state index contributed by atoms with van der Waals surface area (Å²) in [4.78, 5) is 6.68. The van der Waals surface area contributed by atoms with Crippen LogP contribution in [-0.4, -0.2) is 23.2 Å². The van der Waals surface area contributed by atoms with E-state index in [9.17, 15) is 5.11 Å². The first kappa shape index (κ1) is 11.4. The Morgan fingerprint density at radius 1 is 1.56 bits per heavy atom. The first-order valence-electron chi connectivity index (χ1n) is 6.09. The molecule has 1 aromatic rings. The summed E-state index contributed by atoms with van der Waals surface area (Å²) in [5, 5.41) is 9.55. The molecule has 0 radical (unpaired) electrons. The summed E-state index contributed by atoms with van der Waals surface area (Å²) >= 11 is 0. The monoisotopic (exact) mass is 220 g/mol. The molecule has 0 unspecified atom stereocenters. The summed E-state index contributed by atoms with van der Waals surface area (Å²) in [6, 6.07) is 3.87. The largest absolute Gasteiger partial charge is 0.389 e. The van der Waals surface area contributed by atoms with Gasteiger partial charge in [-0.05, 0) is 50.3 Å². The minimum Gasteiger partial charge on any atom is -0.389 e. The van der Waals surface area contributed by atoms with E-state index >= 15 is 0 Å². The Hall–Kier alpha value is -1.09. The van der Waals surface area contributed by atoms with Gasteiger partial charge in [0.25, 0.3) is 0 Å². The Labute approximate surface area is 97.1 Å². The van der Waals surface area contributed by atoms with Crippen LogP contribution in [0.3, 0.4) is 0 Å². The molecule has 0 aromatic carbocycles. The predicted molar refractivity (Wildman–Crippen MR) is 65.5 cm³/mol. The van der Waals surface area contributed by atoms with Gasteiger partial charge in [-0.1, -0.05) is 0 Å². The van der Waals surface area contributed by atoms with Crippen LogP contribution in [0.15, 0.2) is 18.3 Å². The molecule has 88 valence electrons. The van der Waals surface area contributed by atoms with Crippen molar-refractivity contribution < 1.29 is 5.11 Å². The van der Waals surface area contributed by atoms with E-state index in [0.717, 1.165) is 30.4 Å². The molecule has 0 spiro atoms. The van der Waals surface area contributed by atoms with Crippen LogP contribution < -0.4 is 4.90 Å². The van der Waals surface area contributed by atoms with Gasteiger partial charge in [0, 0.05) is 19.3 Å². The van der Waals surface area contributed by atoms with Crippen molar-refractivity contribution in [1.82, 2.24) is 4.98 Å². The highest BCUT2D eigenvalue weighted by Gasteiger charge is 2.24. The second kappa shape index (κ2) is 4.83. The van der Waals surface area contributed by atoms with Crippen LogP contribution in [0.25, 0.3) is 0 Å². The van der Waals surface area contributed by atoms with Crippen LogP contribution in [0.5, 0.6) is 0 Å². The SMILES string of the molecule is CCN(CC1CC1)c1cc([C@H](C)O)ccn1. The maximum Gasteiger partial charge on any atom is 0.128 e. The van der Waals surface area contributed by atoms with E-state index in [-0.39, 0.29) is 0 Å². The Morgan fingerprint density at radius 3 is 2.88 bits per heavy atom. The van der Waals surface area contributed by atoms with Crippen molar-refractivity contribution in [3.63, 3.8) is 0 Å². The minimum absolute atomic E-state index is 0.415. The van der Waals surface area contributed by atoms with Gasteiger partial charge in [-0.3, -0.25) is 0 Å². The lowest BCUT2D eigenvalue weighted by molar-refractivity contribution is 0.199. The predicted octanol–water partition coefficient (Wildman–Crippen LogP) is 2.37. The third-order valence-electron chi connectivity index (χ3n) is 3.13. The molecule has 1 atom stereocenters. The van der Waals surface area contributed by atoms with Crippen LogP contribution in [0.2, 0.25) is 0 Å². The van der Waals surface area contributed by atoms with Crippen molar-refractivity contribution in [3.8, 4) is 0 Å². The molecule has 1 aliphatic rings. The molecule has 3 heteroatoms. The lowest BCUT2D eigenvalue weighted by atomic mass is 10.1. The number of pyridine rings is 1. The molecule has 16 heavy (non-hydrogen) atoms. The highest BCUT2D eigenvalue weighted by atomic mass is 16.3. The lowest BCUT2D eigenvalue weighted by Gasteiger charge is -2.22. The summed E-state index contributed by atoms with van der Waals surface area (Å²) in [6.07, 6.45) is 4.08. The van der Waals surface area contributed by atoms with E-state index in [1.54, 1.807) is 13.1 Å². The number of aliphatic hydroxyl groups is 1. The molecule has 0 amide bonds. The highest BCUT2D eigenvalue weighted by Crippen LogP contribution is 2.31. The summed E-state index contributed by atoms with van der Waals surface area (Å²) in [5.74, 6) is 1.85. The van der Waals surface area contributed by atoms with Crippen molar-refractivity contribution in [2.75, 3.05) is 18.0 Å². The number of aliphatic hydroxyl groups excluding tert-OH is 1. The van der Waals surface area contributed by atoms with Crippen molar-refractivity contribution in [2.45, 2.75) is 32.8 Å². The van der Waals surface area contributed by atoms with Gasteiger partial charge in [-0.15, -0.1) is 0 Å². The molecule has 2 rings (SSSR count). The highest BCUT2D eigenvalue weighted by molar-refractivity contribution is 5.41. The van der Waals surface area contributed by atoms with Gasteiger partial charge >= 0.3 is 0 Å². The van der Waals surface area contributed by atoms with Crippen molar-refractivity contribution in [3.05, 3.63) is 23.9 Å². The Morgan fingerprint density at radius 2 is 2.31 bits per heavy atom. The third-order valence-corrected chi connectivity index (χ3v) is 3.13. The fourth-order valence-electron chi connectivity index (χ4n) is 1.86. The van der Waals surface area contributed by atoms with E-state index in [4.69, 9.17) is 0 Å². The van der Waals surface area contributed by atoms with Gasteiger partial charge in [-0.2, -0.15) is 0 Å². The Bertz CT molecular complexity index is 348. The fourth-order valence-corrected chi connectivity index (χ4v) is 1.86. The zero-order chi connectivity index (χ0) is 11.5. The normalized spacial score (nSPS) is 17.2. The molecule has 1 N–H and O–H groups in total. The van der Waals surface area contributed by atoms with Gasteiger partial charge in [-0.25, -0.2) is 4.98 Å². The summed E-state index contributed by atoms with van der Waals surface area (Å²) in [5.41, 5.74) is 0.944. The van der Waals surface area contributed by atoms with Gasteiger partial charge in [0.1, 0.15) is 5.82 Å². The average Bonchev–Trinajstić information content (AvgIpc) is 3.10. The Balaban J connectivity index is 2.12. The summed E-state index contributed by atoms with van der Waals surface area (Å²) in [6.45, 7) is 6.02. The molecule has 1 aromatic heterocycles. The van der Waals surface area contributed by atoms with Crippen LogP contribution in [0, 0.1) is 5.92 Å². The van der Waals surface area contributed by atoms with Crippen LogP contribution >= 0.6 is 0 Å². The van der Waals surface area contributed by atoms with Gasteiger partial charge < -0.3 is 10.0 Å². The maximum atomic E-state index is 9.55. The molecule has 3 nitrogen and oxygen atoms in total. The first-order chi connectivity index (χ1) is 7.70. The van der Waals surface area contributed by atoms with E-state index in [0.29, 0.717) is 0 Å². The molecular weight excluding hydrogens is 200 g/mol. The molecule has 0 saturated heterocycles. The van der Waals surface area contributed by atoms with E-state index in [1.165, 1.54) is 12.8 Å². The molecule has 1 fully saturated rings. The molecule has 1 aliphatic carbocycles. The van der Waals surface area contributed by atoms with Crippen LogP contribution in [0.1, 0.15) is 38.4 Å². The summed E-state index contributed by atoms with van der Waals surface area (Å²) < 4.78 is 0. The quantitative estimate of drug-likeness (QED) is 0.827. The number of hydrogen-bond donors (Lipinski definition) is 1. The second-order valence-electron chi connectivity index (χ2n) is 4.61. The number of rotatable bonds is 5. The van der Waals surface area contributed by atoms with Crippen molar-refractivity contribution in [2.24, 2.45) is 5.92 Å². The molecule has 0 aliphatic heterocycles. The van der Waals surface area contributed by atoms with E-state index in [1.807, 2.05) is 12.1 Å². The third kappa shape index (κ3) is 2.73. The van der Waals surface area contributed by atoms with Gasteiger partial charge in [0.15, 0.2) is 0 Å². The van der Waals surface area contributed by atoms with Gasteiger partial charge in [0.05, 0.1) is 6.10 Å². The number of nitrogens with zero attached hydrogens (tertiary/aromatic N) is 2. The molecule has 1 saturated carbocycles. The minimum atomic E-state index is -0.415. The zero-order valence-electron chi connectivity index (χ0n) is 10.1. The van der Waals surface area contributed by atoms with Crippen molar-refractivity contribution >= 4 is 5.82 Å². The van der Waals surface area contributed by atoms with Crippen LogP contribution in [0.4, 0.5) is 5.82 Å². The Kier molecular flexibility index (Phi) is 3.44. The van der Waals surface area contributed by atoms with Crippen LogP contribution in [-0.2, 0) is 0 Å². The topological polar surface area (TPSA) is 36.4 Å². The molecule has 0 bridgehead atoms. The molecular formula is C13H20N2O. The number of hydrogen-bond acceptors (Lipinski definition) is 3. The second-order valence-corrected chi connectivity index (χ2v) is 4.61. The van der Waals surface area contributed by atoms with Gasteiger partial charge in [0.2, 0.25) is 0 Å².